The van der Waals surface area contributed by atoms with Gasteiger partial charge in [0.25, 0.3) is 0 Å². The van der Waals surface area contributed by atoms with Crippen LogP contribution in [0.25, 0.3) is 5.52 Å². The minimum absolute atomic E-state index is 1.01. The monoisotopic (exact) mass is 207 g/mol. The van der Waals surface area contributed by atoms with Crippen molar-refractivity contribution in [3.63, 3.8) is 0 Å². The molecule has 0 atom stereocenters. The standard InChI is InChI=1S/C8H9N3.2C2H6/c1-2-7-6-10-11-8(7)4-3-5-9-11;2*1-2/h3-6H,2H2,1H3;2*1-2H3. The highest BCUT2D eigenvalue weighted by Crippen LogP contribution is 2.07. The lowest BCUT2D eigenvalue weighted by Gasteiger charge is -1.90. The number of fused-ring (bicyclic) bond motifs is 1. The lowest BCUT2D eigenvalue weighted by atomic mass is 10.2. The van der Waals surface area contributed by atoms with Gasteiger partial charge in [-0.15, -0.1) is 0 Å². The summed E-state index contributed by atoms with van der Waals surface area (Å²) >= 11 is 0. The van der Waals surface area contributed by atoms with Crippen LogP contribution in [0.15, 0.2) is 24.5 Å². The van der Waals surface area contributed by atoms with Gasteiger partial charge in [-0.3, -0.25) is 0 Å². The topological polar surface area (TPSA) is 30.2 Å². The Balaban J connectivity index is 0.000000442. The smallest absolute Gasteiger partial charge is 0.0905 e. The molecule has 2 heterocycles. The summed E-state index contributed by atoms with van der Waals surface area (Å²) in [5.74, 6) is 0. The van der Waals surface area contributed by atoms with Crippen molar-refractivity contribution < 1.29 is 0 Å². The third-order valence-corrected chi connectivity index (χ3v) is 1.76. The summed E-state index contributed by atoms with van der Waals surface area (Å²) in [6.45, 7) is 10.1. The summed E-state index contributed by atoms with van der Waals surface area (Å²) in [6, 6.07) is 3.95. The van der Waals surface area contributed by atoms with E-state index in [4.69, 9.17) is 0 Å². The molecule has 15 heavy (non-hydrogen) atoms. The van der Waals surface area contributed by atoms with Gasteiger partial charge in [-0.2, -0.15) is 14.8 Å². The van der Waals surface area contributed by atoms with Crippen molar-refractivity contribution in [2.45, 2.75) is 41.0 Å². The zero-order valence-electron chi connectivity index (χ0n) is 10.4. The van der Waals surface area contributed by atoms with E-state index < -0.39 is 0 Å². The van der Waals surface area contributed by atoms with Crippen molar-refractivity contribution >= 4 is 5.52 Å². The molecule has 0 aliphatic carbocycles. The number of rotatable bonds is 1. The van der Waals surface area contributed by atoms with Gasteiger partial charge in [0.05, 0.1) is 11.7 Å². The second-order valence-electron chi connectivity index (χ2n) is 2.42. The SMILES string of the molecule is CC.CC.CCc1cnn2ncccc12. The van der Waals surface area contributed by atoms with Gasteiger partial charge < -0.3 is 0 Å². The molecule has 2 aromatic rings. The van der Waals surface area contributed by atoms with Gasteiger partial charge in [0.2, 0.25) is 0 Å². The van der Waals surface area contributed by atoms with Crippen molar-refractivity contribution in [2.24, 2.45) is 0 Å². The zero-order valence-corrected chi connectivity index (χ0v) is 10.4. The molecular formula is C12H21N3. The summed E-state index contributed by atoms with van der Waals surface area (Å²) in [7, 11) is 0. The normalized spacial score (nSPS) is 8.60. The highest BCUT2D eigenvalue weighted by atomic mass is 15.4. The molecule has 0 fully saturated rings. The van der Waals surface area contributed by atoms with Gasteiger partial charge in [-0.25, -0.2) is 0 Å². The van der Waals surface area contributed by atoms with E-state index in [2.05, 4.69) is 17.1 Å². The second-order valence-corrected chi connectivity index (χ2v) is 2.42. The number of aryl methyl sites for hydroxylation is 1. The molecule has 0 saturated carbocycles. The molecule has 3 nitrogen and oxygen atoms in total. The van der Waals surface area contributed by atoms with Crippen molar-refractivity contribution in [1.82, 2.24) is 14.8 Å². The summed E-state index contributed by atoms with van der Waals surface area (Å²) in [5.41, 5.74) is 2.35. The second kappa shape index (κ2) is 7.97. The fourth-order valence-corrected chi connectivity index (χ4v) is 1.16. The first-order valence-electron chi connectivity index (χ1n) is 5.69. The maximum Gasteiger partial charge on any atom is 0.0905 e. The van der Waals surface area contributed by atoms with E-state index in [1.54, 1.807) is 10.8 Å². The molecule has 0 aromatic carbocycles. The minimum Gasteiger partial charge on any atom is -0.159 e. The van der Waals surface area contributed by atoms with E-state index in [0.717, 1.165) is 11.9 Å². The molecular weight excluding hydrogens is 186 g/mol. The fourth-order valence-electron chi connectivity index (χ4n) is 1.16. The Morgan fingerprint density at radius 1 is 1.13 bits per heavy atom. The number of hydrogen-bond acceptors (Lipinski definition) is 2. The van der Waals surface area contributed by atoms with Gasteiger partial charge in [-0.05, 0) is 24.1 Å². The third kappa shape index (κ3) is 3.35. The Morgan fingerprint density at radius 2 is 1.80 bits per heavy atom. The Labute approximate surface area is 92.1 Å². The first kappa shape index (κ1) is 13.6. The van der Waals surface area contributed by atoms with E-state index in [0.29, 0.717) is 0 Å². The van der Waals surface area contributed by atoms with Gasteiger partial charge >= 0.3 is 0 Å². The molecule has 3 heteroatoms. The summed E-state index contributed by atoms with van der Waals surface area (Å²) in [4.78, 5) is 0. The average molecular weight is 207 g/mol. The maximum atomic E-state index is 4.10. The van der Waals surface area contributed by atoms with E-state index >= 15 is 0 Å². The van der Waals surface area contributed by atoms with Crippen LogP contribution < -0.4 is 0 Å². The van der Waals surface area contributed by atoms with Crippen molar-refractivity contribution in [1.29, 1.82) is 0 Å². The van der Waals surface area contributed by atoms with Crippen LogP contribution in [-0.2, 0) is 6.42 Å². The van der Waals surface area contributed by atoms with Gasteiger partial charge in [0.15, 0.2) is 0 Å². The summed E-state index contributed by atoms with van der Waals surface area (Å²) in [5, 5.41) is 8.15. The van der Waals surface area contributed by atoms with Gasteiger partial charge in [0.1, 0.15) is 0 Å². The molecule has 0 spiro atoms. The van der Waals surface area contributed by atoms with Crippen LogP contribution in [-0.4, -0.2) is 14.8 Å². The Hall–Kier alpha value is -1.38. The van der Waals surface area contributed by atoms with Crippen LogP contribution in [0, 0.1) is 0 Å². The Kier molecular flexibility index (Phi) is 7.24. The number of aromatic nitrogens is 3. The zero-order chi connectivity index (χ0) is 11.7. The largest absolute Gasteiger partial charge is 0.159 e. The van der Waals surface area contributed by atoms with Crippen LogP contribution >= 0.6 is 0 Å². The molecule has 2 aromatic heterocycles. The van der Waals surface area contributed by atoms with Crippen LogP contribution in [0.3, 0.4) is 0 Å². The Bertz CT molecular complexity index is 366. The molecule has 0 amide bonds. The molecule has 84 valence electrons. The predicted octanol–water partition coefficient (Wildman–Crippen LogP) is 3.34. The third-order valence-electron chi connectivity index (χ3n) is 1.76. The first-order valence-corrected chi connectivity index (χ1v) is 5.69. The number of hydrogen-bond donors (Lipinski definition) is 0. The van der Waals surface area contributed by atoms with Crippen LogP contribution in [0.1, 0.15) is 40.2 Å². The minimum atomic E-state index is 1.01. The molecule has 0 bridgehead atoms. The molecule has 0 unspecified atom stereocenters. The quantitative estimate of drug-likeness (QED) is 0.718. The van der Waals surface area contributed by atoms with Crippen molar-refractivity contribution in [2.75, 3.05) is 0 Å². The van der Waals surface area contributed by atoms with Crippen LogP contribution in [0.2, 0.25) is 0 Å². The first-order chi connectivity index (χ1) is 7.42. The molecule has 0 radical (unpaired) electrons. The van der Waals surface area contributed by atoms with Crippen molar-refractivity contribution in [3.05, 3.63) is 30.1 Å². The van der Waals surface area contributed by atoms with Crippen molar-refractivity contribution in [3.8, 4) is 0 Å². The van der Waals surface area contributed by atoms with E-state index in [1.807, 2.05) is 46.0 Å². The van der Waals surface area contributed by atoms with Gasteiger partial charge in [0, 0.05) is 6.20 Å². The molecule has 0 N–H and O–H groups in total. The highest BCUT2D eigenvalue weighted by molar-refractivity contribution is 5.51. The van der Waals surface area contributed by atoms with E-state index in [9.17, 15) is 0 Å². The molecule has 2 rings (SSSR count). The molecule has 0 aliphatic rings. The predicted molar refractivity (Wildman–Crippen MR) is 65.1 cm³/mol. The van der Waals surface area contributed by atoms with E-state index in [1.165, 1.54) is 5.56 Å². The van der Waals surface area contributed by atoms with Crippen LogP contribution in [0.4, 0.5) is 0 Å². The van der Waals surface area contributed by atoms with Crippen LogP contribution in [0.5, 0.6) is 0 Å². The summed E-state index contributed by atoms with van der Waals surface area (Å²) < 4.78 is 1.65. The fraction of sp³-hybridized carbons (Fsp3) is 0.500. The molecule has 0 aliphatic heterocycles. The lowest BCUT2D eigenvalue weighted by Crippen LogP contribution is -1.90. The highest BCUT2D eigenvalue weighted by Gasteiger charge is 1.99. The maximum absolute atomic E-state index is 4.10. The van der Waals surface area contributed by atoms with Gasteiger partial charge in [-0.1, -0.05) is 34.6 Å². The summed E-state index contributed by atoms with van der Waals surface area (Å²) in [6.07, 6.45) is 4.61. The van der Waals surface area contributed by atoms with E-state index in [-0.39, 0.29) is 0 Å². The Morgan fingerprint density at radius 3 is 2.40 bits per heavy atom. The average Bonchev–Trinajstić information content (AvgIpc) is 2.77. The lowest BCUT2D eigenvalue weighted by molar-refractivity contribution is 0.800. The molecule has 0 saturated heterocycles. The number of nitrogens with zero attached hydrogens (tertiary/aromatic N) is 3.